The van der Waals surface area contributed by atoms with E-state index in [9.17, 15) is 0 Å². The van der Waals surface area contributed by atoms with Crippen LogP contribution >= 0.6 is 0 Å². The van der Waals surface area contributed by atoms with Gasteiger partial charge in [0.25, 0.3) is 0 Å². The van der Waals surface area contributed by atoms with Crippen molar-refractivity contribution in [2.45, 2.75) is 78.3 Å². The van der Waals surface area contributed by atoms with Crippen LogP contribution in [0.25, 0.3) is 0 Å². The number of rotatable bonds is 5. The van der Waals surface area contributed by atoms with Gasteiger partial charge in [0.1, 0.15) is 0 Å². The van der Waals surface area contributed by atoms with Crippen molar-refractivity contribution in [2.75, 3.05) is 45.8 Å². The fourth-order valence-corrected chi connectivity index (χ4v) is 6.09. The maximum atomic E-state index is 2.83. The molecule has 3 aliphatic heterocycles. The molecule has 0 aromatic rings. The predicted molar refractivity (Wildman–Crippen MR) is 110 cm³/mol. The van der Waals surface area contributed by atoms with Gasteiger partial charge in [0.2, 0.25) is 0 Å². The summed E-state index contributed by atoms with van der Waals surface area (Å²) in [5.74, 6) is 2.87. The van der Waals surface area contributed by atoms with Crippen molar-refractivity contribution < 1.29 is 0 Å². The highest BCUT2D eigenvalue weighted by Crippen LogP contribution is 2.47. The summed E-state index contributed by atoms with van der Waals surface area (Å²) < 4.78 is 0. The second-order valence-corrected chi connectivity index (χ2v) is 10.9. The third-order valence-corrected chi connectivity index (χ3v) is 8.50. The van der Waals surface area contributed by atoms with Gasteiger partial charge in [-0.2, -0.15) is 0 Å². The number of likely N-dealkylation sites (tertiary alicyclic amines) is 3. The predicted octanol–water partition coefficient (Wildman–Crippen LogP) is 3.94. The molecule has 1 spiro atoms. The number of hydrogen-bond acceptors (Lipinski definition) is 3. The van der Waals surface area contributed by atoms with Crippen molar-refractivity contribution in [3.05, 3.63) is 0 Å². The maximum absolute atomic E-state index is 2.83. The van der Waals surface area contributed by atoms with Crippen molar-refractivity contribution in [1.82, 2.24) is 14.7 Å². The van der Waals surface area contributed by atoms with Crippen LogP contribution in [0.1, 0.15) is 66.2 Å². The standard InChI is InChI=1S/C23H43N3/c1-18(2)21-13-22(14-21)26-16-23(17-26)7-11-24(12-8-23)15-20-5-9-25(10-6-20)19(3)4/h18-22H,5-17H2,1-4H3. The minimum atomic E-state index is 0.709. The van der Waals surface area contributed by atoms with E-state index in [4.69, 9.17) is 0 Å². The van der Waals surface area contributed by atoms with Crippen LogP contribution in [0.3, 0.4) is 0 Å². The average molecular weight is 362 g/mol. The van der Waals surface area contributed by atoms with Crippen LogP contribution in [0.4, 0.5) is 0 Å². The van der Waals surface area contributed by atoms with Gasteiger partial charge in [-0.25, -0.2) is 0 Å². The molecule has 4 fully saturated rings. The molecule has 0 aromatic carbocycles. The van der Waals surface area contributed by atoms with Crippen LogP contribution in [0.2, 0.25) is 0 Å². The molecule has 150 valence electrons. The summed E-state index contributed by atoms with van der Waals surface area (Å²) in [7, 11) is 0. The molecule has 1 aliphatic carbocycles. The lowest BCUT2D eigenvalue weighted by molar-refractivity contribution is -0.102. The monoisotopic (exact) mass is 361 g/mol. The third kappa shape index (κ3) is 4.00. The summed E-state index contributed by atoms with van der Waals surface area (Å²) in [5, 5.41) is 0. The van der Waals surface area contributed by atoms with E-state index in [0.29, 0.717) is 5.41 Å². The van der Waals surface area contributed by atoms with Crippen molar-refractivity contribution in [2.24, 2.45) is 23.2 Å². The van der Waals surface area contributed by atoms with Crippen molar-refractivity contribution in [3.8, 4) is 0 Å². The fraction of sp³-hybridized carbons (Fsp3) is 1.00. The van der Waals surface area contributed by atoms with Gasteiger partial charge in [0.05, 0.1) is 0 Å². The van der Waals surface area contributed by atoms with E-state index in [1.807, 2.05) is 0 Å². The van der Waals surface area contributed by atoms with Crippen LogP contribution in [0.15, 0.2) is 0 Å². The number of hydrogen-bond donors (Lipinski definition) is 0. The Kier molecular flexibility index (Phi) is 5.70. The average Bonchev–Trinajstić information content (AvgIpc) is 2.54. The van der Waals surface area contributed by atoms with Crippen molar-refractivity contribution >= 4 is 0 Å². The Morgan fingerprint density at radius 3 is 2.04 bits per heavy atom. The molecule has 3 heteroatoms. The Balaban J connectivity index is 1.14. The van der Waals surface area contributed by atoms with E-state index >= 15 is 0 Å². The Bertz CT molecular complexity index is 444. The summed E-state index contributed by atoms with van der Waals surface area (Å²) in [6, 6.07) is 1.68. The fourth-order valence-electron chi connectivity index (χ4n) is 6.09. The van der Waals surface area contributed by atoms with E-state index in [0.717, 1.165) is 29.8 Å². The minimum absolute atomic E-state index is 0.709. The molecular weight excluding hydrogens is 318 g/mol. The van der Waals surface area contributed by atoms with Gasteiger partial charge in [-0.05, 0) is 102 Å². The van der Waals surface area contributed by atoms with Gasteiger partial charge in [-0.15, -0.1) is 0 Å². The normalized spacial score (nSPS) is 34.4. The highest BCUT2D eigenvalue weighted by atomic mass is 15.3. The first kappa shape index (κ1) is 19.2. The zero-order chi connectivity index (χ0) is 18.3. The zero-order valence-electron chi connectivity index (χ0n) is 17.9. The van der Waals surface area contributed by atoms with Gasteiger partial charge in [-0.1, -0.05) is 13.8 Å². The van der Waals surface area contributed by atoms with E-state index < -0.39 is 0 Å². The molecule has 3 saturated heterocycles. The van der Waals surface area contributed by atoms with Gasteiger partial charge in [0, 0.05) is 31.7 Å². The van der Waals surface area contributed by atoms with E-state index in [1.54, 1.807) is 0 Å². The quantitative estimate of drug-likeness (QED) is 0.734. The van der Waals surface area contributed by atoms with Crippen LogP contribution in [-0.2, 0) is 0 Å². The summed E-state index contributed by atoms with van der Waals surface area (Å²) in [6.45, 7) is 19.1. The van der Waals surface area contributed by atoms with Gasteiger partial charge in [0.15, 0.2) is 0 Å². The van der Waals surface area contributed by atoms with Gasteiger partial charge >= 0.3 is 0 Å². The van der Waals surface area contributed by atoms with Crippen LogP contribution < -0.4 is 0 Å². The third-order valence-electron chi connectivity index (χ3n) is 8.50. The van der Waals surface area contributed by atoms with Crippen LogP contribution in [0.5, 0.6) is 0 Å². The summed E-state index contributed by atoms with van der Waals surface area (Å²) in [6.07, 6.45) is 8.74. The number of piperidine rings is 2. The zero-order valence-corrected chi connectivity index (χ0v) is 17.9. The SMILES string of the molecule is CC(C)C1CC(N2CC3(CCN(CC4CCN(C(C)C)CC4)CC3)C2)C1. The first-order valence-electron chi connectivity index (χ1n) is 11.6. The summed E-state index contributed by atoms with van der Waals surface area (Å²) in [4.78, 5) is 8.30. The Morgan fingerprint density at radius 2 is 1.50 bits per heavy atom. The Labute approximate surface area is 162 Å². The van der Waals surface area contributed by atoms with Crippen LogP contribution in [-0.4, -0.2) is 72.6 Å². The van der Waals surface area contributed by atoms with Crippen molar-refractivity contribution in [3.63, 3.8) is 0 Å². The molecule has 3 heterocycles. The molecule has 0 aromatic heterocycles. The Morgan fingerprint density at radius 1 is 0.885 bits per heavy atom. The van der Waals surface area contributed by atoms with E-state index in [2.05, 4.69) is 42.4 Å². The molecule has 4 rings (SSSR count). The molecular formula is C23H43N3. The number of nitrogens with zero attached hydrogens (tertiary/aromatic N) is 3. The molecule has 0 amide bonds. The smallest absolute Gasteiger partial charge is 0.0101 e. The second kappa shape index (κ2) is 7.72. The molecule has 1 saturated carbocycles. The molecule has 0 unspecified atom stereocenters. The topological polar surface area (TPSA) is 9.72 Å². The largest absolute Gasteiger partial charge is 0.303 e. The molecule has 0 atom stereocenters. The molecule has 3 nitrogen and oxygen atoms in total. The van der Waals surface area contributed by atoms with Gasteiger partial charge in [-0.3, -0.25) is 4.90 Å². The lowest BCUT2D eigenvalue weighted by Gasteiger charge is -2.59. The first-order valence-corrected chi connectivity index (χ1v) is 11.6. The lowest BCUT2D eigenvalue weighted by Crippen LogP contribution is -2.65. The molecule has 4 aliphatic rings. The van der Waals surface area contributed by atoms with E-state index in [1.165, 1.54) is 84.3 Å². The highest BCUT2D eigenvalue weighted by Gasteiger charge is 2.49. The minimum Gasteiger partial charge on any atom is -0.303 e. The molecule has 26 heavy (non-hydrogen) atoms. The Hall–Kier alpha value is -0.120. The van der Waals surface area contributed by atoms with Crippen LogP contribution in [0, 0.1) is 23.2 Å². The van der Waals surface area contributed by atoms with Crippen molar-refractivity contribution in [1.29, 1.82) is 0 Å². The first-order chi connectivity index (χ1) is 12.4. The van der Waals surface area contributed by atoms with Gasteiger partial charge < -0.3 is 9.80 Å². The molecule has 0 radical (unpaired) electrons. The molecule has 0 N–H and O–H groups in total. The highest BCUT2D eigenvalue weighted by molar-refractivity contribution is 5.03. The second-order valence-electron chi connectivity index (χ2n) is 10.9. The lowest BCUT2D eigenvalue weighted by atomic mass is 9.66. The maximum Gasteiger partial charge on any atom is 0.0101 e. The molecule has 0 bridgehead atoms. The van der Waals surface area contributed by atoms with E-state index in [-0.39, 0.29) is 0 Å². The summed E-state index contributed by atoms with van der Waals surface area (Å²) in [5.41, 5.74) is 0.709. The summed E-state index contributed by atoms with van der Waals surface area (Å²) >= 11 is 0.